The number of benzene rings is 1. The van der Waals surface area contributed by atoms with Crippen molar-refractivity contribution >= 4 is 28.5 Å². The standard InChI is InChI=1S/C16H16FN3O4S/c1-23-16(22)19-15-18-11-6-7-20(8-13(11)25-15)14(21)9-24-12-5-3-2-4-10(12)17/h2-5H,6-9H2,1H3,(H,18,19,22). The third-order valence-electron chi connectivity index (χ3n) is 3.67. The summed E-state index contributed by atoms with van der Waals surface area (Å²) >= 11 is 1.30. The van der Waals surface area contributed by atoms with Crippen LogP contribution in [0.4, 0.5) is 14.3 Å². The Balaban J connectivity index is 1.59. The Morgan fingerprint density at radius 3 is 2.96 bits per heavy atom. The fourth-order valence-corrected chi connectivity index (χ4v) is 3.40. The minimum Gasteiger partial charge on any atom is -0.481 e. The first-order valence-corrected chi connectivity index (χ1v) is 8.37. The number of rotatable bonds is 4. The van der Waals surface area contributed by atoms with Gasteiger partial charge in [0, 0.05) is 17.8 Å². The Bertz CT molecular complexity index is 795. The van der Waals surface area contributed by atoms with E-state index in [9.17, 15) is 14.0 Å². The van der Waals surface area contributed by atoms with Gasteiger partial charge in [0.05, 0.1) is 19.3 Å². The molecule has 0 atom stereocenters. The van der Waals surface area contributed by atoms with Crippen molar-refractivity contribution in [3.8, 4) is 5.75 Å². The highest BCUT2D eigenvalue weighted by Crippen LogP contribution is 2.28. The van der Waals surface area contributed by atoms with Crippen LogP contribution in [0.25, 0.3) is 0 Å². The molecule has 2 aromatic rings. The molecular formula is C16H16FN3O4S. The number of amides is 2. The van der Waals surface area contributed by atoms with E-state index in [0.29, 0.717) is 24.6 Å². The lowest BCUT2D eigenvalue weighted by atomic mass is 10.2. The van der Waals surface area contributed by atoms with Crippen LogP contribution >= 0.6 is 11.3 Å². The van der Waals surface area contributed by atoms with Crippen LogP contribution in [0.15, 0.2) is 24.3 Å². The second-order valence-corrected chi connectivity index (χ2v) is 6.37. The van der Waals surface area contributed by atoms with Gasteiger partial charge < -0.3 is 14.4 Å². The number of anilines is 1. The summed E-state index contributed by atoms with van der Waals surface area (Å²) in [5, 5.41) is 2.96. The molecule has 9 heteroatoms. The van der Waals surface area contributed by atoms with E-state index < -0.39 is 11.9 Å². The molecule has 1 aliphatic rings. The van der Waals surface area contributed by atoms with Gasteiger partial charge in [-0.15, -0.1) is 0 Å². The van der Waals surface area contributed by atoms with Crippen LogP contribution in [0.3, 0.4) is 0 Å². The molecule has 132 valence electrons. The van der Waals surface area contributed by atoms with Crippen molar-refractivity contribution in [3.63, 3.8) is 0 Å². The van der Waals surface area contributed by atoms with E-state index in [1.807, 2.05) is 0 Å². The molecule has 1 aromatic carbocycles. The largest absolute Gasteiger partial charge is 0.481 e. The predicted molar refractivity (Wildman–Crippen MR) is 89.2 cm³/mol. The molecule has 0 fully saturated rings. The Morgan fingerprint density at radius 2 is 2.20 bits per heavy atom. The molecule has 0 unspecified atom stereocenters. The number of aromatic nitrogens is 1. The lowest BCUT2D eigenvalue weighted by Crippen LogP contribution is -2.38. The number of ether oxygens (including phenoxy) is 2. The number of carbonyl (C=O) groups excluding carboxylic acids is 2. The summed E-state index contributed by atoms with van der Waals surface area (Å²) in [6, 6.07) is 5.95. The van der Waals surface area contributed by atoms with Crippen LogP contribution in [0.5, 0.6) is 5.75 Å². The second-order valence-electron chi connectivity index (χ2n) is 5.29. The number of para-hydroxylation sites is 1. The van der Waals surface area contributed by atoms with Gasteiger partial charge in [0.2, 0.25) is 0 Å². The summed E-state index contributed by atoms with van der Waals surface area (Å²) < 4.78 is 23.3. The van der Waals surface area contributed by atoms with Gasteiger partial charge in [-0.1, -0.05) is 23.5 Å². The fourth-order valence-electron chi connectivity index (χ4n) is 2.39. The Morgan fingerprint density at radius 1 is 1.40 bits per heavy atom. The molecule has 25 heavy (non-hydrogen) atoms. The maximum absolute atomic E-state index is 13.5. The smallest absolute Gasteiger partial charge is 0.413 e. The van der Waals surface area contributed by atoms with Crippen molar-refractivity contribution in [2.45, 2.75) is 13.0 Å². The summed E-state index contributed by atoms with van der Waals surface area (Å²) in [6.07, 6.45) is -0.00236. The zero-order valence-corrected chi connectivity index (χ0v) is 14.3. The molecule has 0 aliphatic carbocycles. The number of halogens is 1. The summed E-state index contributed by atoms with van der Waals surface area (Å²) in [4.78, 5) is 30.4. The van der Waals surface area contributed by atoms with E-state index in [0.717, 1.165) is 10.6 Å². The Kier molecular flexibility index (Phi) is 5.13. The average molecular weight is 365 g/mol. The molecule has 0 spiro atoms. The lowest BCUT2D eigenvalue weighted by molar-refractivity contribution is -0.134. The van der Waals surface area contributed by atoms with E-state index in [1.165, 1.54) is 30.6 Å². The van der Waals surface area contributed by atoms with Gasteiger partial charge in [-0.25, -0.2) is 14.2 Å². The highest BCUT2D eigenvalue weighted by molar-refractivity contribution is 7.15. The van der Waals surface area contributed by atoms with Crippen LogP contribution < -0.4 is 10.1 Å². The number of nitrogens with zero attached hydrogens (tertiary/aromatic N) is 2. The molecule has 2 heterocycles. The maximum atomic E-state index is 13.5. The van der Waals surface area contributed by atoms with Crippen LogP contribution in [0.2, 0.25) is 0 Å². The molecule has 1 aliphatic heterocycles. The van der Waals surface area contributed by atoms with Crippen molar-refractivity contribution in [1.82, 2.24) is 9.88 Å². The SMILES string of the molecule is COC(=O)Nc1nc2c(s1)CN(C(=O)COc1ccccc1F)CC2. The number of methoxy groups -OCH3 is 1. The Hall–Kier alpha value is -2.68. The van der Waals surface area contributed by atoms with Gasteiger partial charge in [0.15, 0.2) is 23.3 Å². The molecule has 0 saturated heterocycles. The first-order chi connectivity index (χ1) is 12.1. The van der Waals surface area contributed by atoms with E-state index >= 15 is 0 Å². The van der Waals surface area contributed by atoms with E-state index in [2.05, 4.69) is 15.0 Å². The summed E-state index contributed by atoms with van der Waals surface area (Å²) in [6.45, 7) is 0.644. The number of fused-ring (bicyclic) bond motifs is 1. The molecule has 2 amide bonds. The number of nitrogens with one attached hydrogen (secondary N) is 1. The maximum Gasteiger partial charge on any atom is 0.413 e. The zero-order valence-electron chi connectivity index (χ0n) is 13.5. The van der Waals surface area contributed by atoms with Gasteiger partial charge in [0.1, 0.15) is 0 Å². The molecule has 0 saturated carbocycles. The van der Waals surface area contributed by atoms with Crippen LogP contribution in [0, 0.1) is 5.82 Å². The first-order valence-electron chi connectivity index (χ1n) is 7.55. The zero-order chi connectivity index (χ0) is 17.8. The molecule has 1 aromatic heterocycles. The van der Waals surface area contributed by atoms with Crippen LogP contribution in [-0.4, -0.2) is 42.1 Å². The summed E-state index contributed by atoms with van der Waals surface area (Å²) in [5.41, 5.74) is 0.857. The van der Waals surface area contributed by atoms with Crippen molar-refractivity contribution in [3.05, 3.63) is 40.7 Å². The van der Waals surface area contributed by atoms with Gasteiger partial charge in [-0.3, -0.25) is 10.1 Å². The van der Waals surface area contributed by atoms with Gasteiger partial charge in [-0.05, 0) is 12.1 Å². The Labute approximate surface area is 147 Å². The minimum absolute atomic E-state index is 0.0518. The lowest BCUT2D eigenvalue weighted by Gasteiger charge is -2.26. The normalized spacial score (nSPS) is 13.1. The van der Waals surface area contributed by atoms with Gasteiger partial charge in [-0.2, -0.15) is 0 Å². The highest BCUT2D eigenvalue weighted by atomic mass is 32.1. The number of hydrogen-bond donors (Lipinski definition) is 1. The van der Waals surface area contributed by atoms with Crippen molar-refractivity contribution in [2.24, 2.45) is 0 Å². The second kappa shape index (κ2) is 7.47. The monoisotopic (exact) mass is 365 g/mol. The predicted octanol–water partition coefficient (Wildman–Crippen LogP) is 2.42. The van der Waals surface area contributed by atoms with E-state index in [1.54, 1.807) is 17.0 Å². The summed E-state index contributed by atoms with van der Waals surface area (Å²) in [7, 11) is 1.28. The molecule has 0 radical (unpaired) electrons. The van der Waals surface area contributed by atoms with E-state index in [4.69, 9.17) is 4.74 Å². The van der Waals surface area contributed by atoms with Crippen LogP contribution in [0.1, 0.15) is 10.6 Å². The molecule has 7 nitrogen and oxygen atoms in total. The van der Waals surface area contributed by atoms with Crippen molar-refractivity contribution < 1.29 is 23.5 Å². The van der Waals surface area contributed by atoms with Crippen molar-refractivity contribution in [1.29, 1.82) is 0 Å². The number of hydrogen-bond acceptors (Lipinski definition) is 6. The average Bonchev–Trinajstić information content (AvgIpc) is 3.01. The van der Waals surface area contributed by atoms with Gasteiger partial charge in [0.25, 0.3) is 5.91 Å². The highest BCUT2D eigenvalue weighted by Gasteiger charge is 2.25. The quantitative estimate of drug-likeness (QED) is 0.900. The number of carbonyl (C=O) groups is 2. The van der Waals surface area contributed by atoms with Crippen molar-refractivity contribution in [2.75, 3.05) is 25.6 Å². The minimum atomic E-state index is -0.586. The summed E-state index contributed by atoms with van der Waals surface area (Å²) in [5.74, 6) is -0.683. The third-order valence-corrected chi connectivity index (χ3v) is 4.66. The number of thiazole rings is 1. The molecular weight excluding hydrogens is 349 g/mol. The molecule has 3 rings (SSSR count). The van der Waals surface area contributed by atoms with E-state index in [-0.39, 0.29) is 18.3 Å². The first kappa shape index (κ1) is 17.2. The molecule has 1 N–H and O–H groups in total. The van der Waals surface area contributed by atoms with Crippen LogP contribution in [-0.2, 0) is 22.5 Å². The molecule has 0 bridgehead atoms. The topological polar surface area (TPSA) is 80.8 Å². The fraction of sp³-hybridized carbons (Fsp3) is 0.312. The third kappa shape index (κ3) is 4.05. The van der Waals surface area contributed by atoms with Gasteiger partial charge >= 0.3 is 6.09 Å².